The molecule has 2 heterocycles. The van der Waals surface area contributed by atoms with Crippen molar-refractivity contribution >= 4 is 0 Å². The monoisotopic (exact) mass is 285 g/mol. The van der Waals surface area contributed by atoms with E-state index in [0.717, 1.165) is 23.0 Å². The second-order valence-electron chi connectivity index (χ2n) is 4.90. The van der Waals surface area contributed by atoms with Crippen LogP contribution in [-0.2, 0) is 0 Å². The summed E-state index contributed by atoms with van der Waals surface area (Å²) in [6.07, 6.45) is -0.530. The van der Waals surface area contributed by atoms with Crippen molar-refractivity contribution in [2.45, 2.75) is 12.5 Å². The van der Waals surface area contributed by atoms with Gasteiger partial charge < -0.3 is 18.9 Å². The zero-order chi connectivity index (χ0) is 14.1. The van der Waals surface area contributed by atoms with Crippen molar-refractivity contribution in [1.82, 2.24) is 5.32 Å². The molecule has 108 valence electrons. The quantitative estimate of drug-likeness (QED) is 0.916. The number of para-hydroxylation sites is 4. The third kappa shape index (κ3) is 2.48. The average molecular weight is 285 g/mol. The first-order chi connectivity index (χ1) is 10.4. The molecule has 0 amide bonds. The highest BCUT2D eigenvalue weighted by molar-refractivity contribution is 5.41. The highest BCUT2D eigenvalue weighted by Crippen LogP contribution is 2.32. The fourth-order valence-corrected chi connectivity index (χ4v) is 2.41. The number of rotatable bonds is 2. The first-order valence-electron chi connectivity index (χ1n) is 6.91. The Kier molecular flexibility index (Phi) is 3.05. The Hall–Kier alpha value is -2.40. The van der Waals surface area contributed by atoms with Crippen molar-refractivity contribution < 1.29 is 18.9 Å². The van der Waals surface area contributed by atoms with Crippen LogP contribution in [0, 0.1) is 0 Å². The molecule has 5 heteroatoms. The minimum absolute atomic E-state index is 0.265. The van der Waals surface area contributed by atoms with E-state index in [4.69, 9.17) is 18.9 Å². The molecule has 0 radical (unpaired) electrons. The Morgan fingerprint density at radius 2 is 1.10 bits per heavy atom. The first kappa shape index (κ1) is 12.3. The summed E-state index contributed by atoms with van der Waals surface area (Å²) in [7, 11) is 0. The molecule has 4 rings (SSSR count). The van der Waals surface area contributed by atoms with E-state index in [-0.39, 0.29) is 12.5 Å². The number of nitrogens with one attached hydrogen (secondary N) is 1. The average Bonchev–Trinajstić information content (AvgIpc) is 2.55. The lowest BCUT2D eigenvalue weighted by Crippen LogP contribution is -2.52. The lowest BCUT2D eigenvalue weighted by molar-refractivity contribution is -0.00743. The van der Waals surface area contributed by atoms with E-state index in [1.807, 2.05) is 48.5 Å². The number of benzene rings is 2. The predicted octanol–water partition coefficient (Wildman–Crippen LogP) is 2.17. The van der Waals surface area contributed by atoms with Crippen LogP contribution in [0.4, 0.5) is 0 Å². The molecule has 0 aromatic heterocycles. The third-order valence-electron chi connectivity index (χ3n) is 3.39. The highest BCUT2D eigenvalue weighted by Gasteiger charge is 2.27. The maximum Gasteiger partial charge on any atom is 0.187 e. The molecule has 2 aliphatic heterocycles. The molecule has 2 aromatic rings. The number of hydrogen-bond acceptors (Lipinski definition) is 5. The van der Waals surface area contributed by atoms with Gasteiger partial charge in [-0.05, 0) is 24.3 Å². The molecule has 0 spiro atoms. The van der Waals surface area contributed by atoms with Crippen LogP contribution < -0.4 is 24.3 Å². The fourth-order valence-electron chi connectivity index (χ4n) is 2.41. The van der Waals surface area contributed by atoms with Gasteiger partial charge in [-0.25, -0.2) is 5.32 Å². The van der Waals surface area contributed by atoms with Crippen molar-refractivity contribution in [3.05, 3.63) is 48.5 Å². The van der Waals surface area contributed by atoms with Crippen LogP contribution in [0.3, 0.4) is 0 Å². The summed E-state index contributed by atoms with van der Waals surface area (Å²) in [4.78, 5) is 0. The second kappa shape index (κ2) is 5.18. The number of hydrogen-bond donors (Lipinski definition) is 1. The minimum atomic E-state index is -0.265. The number of ether oxygens (including phenoxy) is 4. The second-order valence-corrected chi connectivity index (χ2v) is 4.90. The van der Waals surface area contributed by atoms with E-state index in [9.17, 15) is 0 Å². The van der Waals surface area contributed by atoms with E-state index in [2.05, 4.69) is 5.32 Å². The summed E-state index contributed by atoms with van der Waals surface area (Å²) in [6.45, 7) is 0.858. The van der Waals surface area contributed by atoms with Crippen LogP contribution in [0.15, 0.2) is 48.5 Å². The van der Waals surface area contributed by atoms with E-state index < -0.39 is 0 Å². The molecule has 2 unspecified atom stereocenters. The van der Waals surface area contributed by atoms with Gasteiger partial charge in [0.05, 0.1) is 0 Å². The largest absolute Gasteiger partial charge is 0.484 e. The van der Waals surface area contributed by atoms with Crippen LogP contribution in [0.25, 0.3) is 0 Å². The lowest BCUT2D eigenvalue weighted by atomic mass is 10.3. The summed E-state index contributed by atoms with van der Waals surface area (Å²) in [5.74, 6) is 3.00. The summed E-state index contributed by atoms with van der Waals surface area (Å²) in [5, 5.41) is 3.25. The van der Waals surface area contributed by atoms with Crippen LogP contribution in [0.2, 0.25) is 0 Å². The molecule has 0 fully saturated rings. The van der Waals surface area contributed by atoms with Crippen molar-refractivity contribution in [3.8, 4) is 23.0 Å². The van der Waals surface area contributed by atoms with Crippen LogP contribution in [0.5, 0.6) is 23.0 Å². The van der Waals surface area contributed by atoms with Crippen LogP contribution >= 0.6 is 0 Å². The fraction of sp³-hybridized carbons (Fsp3) is 0.250. The molecule has 5 nitrogen and oxygen atoms in total. The van der Waals surface area contributed by atoms with Gasteiger partial charge in [0.15, 0.2) is 35.5 Å². The van der Waals surface area contributed by atoms with E-state index in [0.29, 0.717) is 13.2 Å². The first-order valence-corrected chi connectivity index (χ1v) is 6.91. The summed E-state index contributed by atoms with van der Waals surface area (Å²) < 4.78 is 23.0. The number of fused-ring (bicyclic) bond motifs is 2. The molecule has 0 aliphatic carbocycles. The molecule has 21 heavy (non-hydrogen) atoms. The summed E-state index contributed by atoms with van der Waals surface area (Å²) in [5.41, 5.74) is 0. The molecule has 2 atom stereocenters. The SMILES string of the molecule is c1ccc2c(c1)OCC(NC1COc3ccccc3O1)O2. The normalized spacial score (nSPS) is 22.7. The van der Waals surface area contributed by atoms with Crippen molar-refractivity contribution in [1.29, 1.82) is 0 Å². The Balaban J connectivity index is 1.42. The van der Waals surface area contributed by atoms with E-state index in [1.54, 1.807) is 0 Å². The van der Waals surface area contributed by atoms with Crippen molar-refractivity contribution in [2.24, 2.45) is 0 Å². The molecule has 2 aromatic carbocycles. The highest BCUT2D eigenvalue weighted by atomic mass is 16.6. The summed E-state index contributed by atoms with van der Waals surface area (Å²) in [6, 6.07) is 15.2. The van der Waals surface area contributed by atoms with Gasteiger partial charge in [-0.15, -0.1) is 0 Å². The molecular weight excluding hydrogens is 270 g/mol. The van der Waals surface area contributed by atoms with Gasteiger partial charge in [-0.2, -0.15) is 0 Å². The molecule has 0 saturated heterocycles. The van der Waals surface area contributed by atoms with Crippen LogP contribution in [0.1, 0.15) is 0 Å². The Labute approximate surface area is 122 Å². The maximum atomic E-state index is 5.85. The smallest absolute Gasteiger partial charge is 0.187 e. The van der Waals surface area contributed by atoms with Gasteiger partial charge in [0, 0.05) is 0 Å². The molecular formula is C16H15NO4. The van der Waals surface area contributed by atoms with Crippen molar-refractivity contribution in [2.75, 3.05) is 13.2 Å². The topological polar surface area (TPSA) is 49.0 Å². The minimum Gasteiger partial charge on any atom is -0.484 e. The van der Waals surface area contributed by atoms with E-state index >= 15 is 0 Å². The van der Waals surface area contributed by atoms with Gasteiger partial charge in [0.2, 0.25) is 0 Å². The molecule has 0 saturated carbocycles. The molecule has 1 N–H and O–H groups in total. The Bertz CT molecular complexity index is 590. The van der Waals surface area contributed by atoms with Crippen molar-refractivity contribution in [3.63, 3.8) is 0 Å². The standard InChI is InChI=1S/C16H15NO4/c1-3-7-13-11(5-1)18-9-15(20-13)17-16-10-19-12-6-2-4-8-14(12)21-16/h1-8,15-17H,9-10H2. The summed E-state index contributed by atoms with van der Waals surface area (Å²) >= 11 is 0. The maximum absolute atomic E-state index is 5.85. The predicted molar refractivity (Wildman–Crippen MR) is 75.8 cm³/mol. The molecule has 0 bridgehead atoms. The Morgan fingerprint density at radius 3 is 1.57 bits per heavy atom. The Morgan fingerprint density at radius 1 is 0.667 bits per heavy atom. The van der Waals surface area contributed by atoms with E-state index in [1.165, 1.54) is 0 Å². The molecule has 2 aliphatic rings. The lowest BCUT2D eigenvalue weighted by Gasteiger charge is -2.32. The van der Waals surface area contributed by atoms with Gasteiger partial charge in [0.1, 0.15) is 13.2 Å². The third-order valence-corrected chi connectivity index (χ3v) is 3.39. The van der Waals surface area contributed by atoms with Gasteiger partial charge >= 0.3 is 0 Å². The van der Waals surface area contributed by atoms with Crippen LogP contribution in [-0.4, -0.2) is 25.7 Å². The van der Waals surface area contributed by atoms with Gasteiger partial charge in [-0.3, -0.25) is 0 Å². The zero-order valence-corrected chi connectivity index (χ0v) is 11.3. The van der Waals surface area contributed by atoms with Gasteiger partial charge in [-0.1, -0.05) is 24.3 Å². The zero-order valence-electron chi connectivity index (χ0n) is 11.3. The van der Waals surface area contributed by atoms with Gasteiger partial charge in [0.25, 0.3) is 0 Å².